The number of nitriles is 1. The van der Waals surface area contributed by atoms with Crippen LogP contribution in [-0.2, 0) is 9.84 Å². The van der Waals surface area contributed by atoms with Crippen LogP contribution >= 0.6 is 0 Å². The number of hydrogen-bond donors (Lipinski definition) is 0. The molecular weight excluding hydrogens is 540 g/mol. The summed E-state index contributed by atoms with van der Waals surface area (Å²) in [4.78, 5) is 10.3. The van der Waals surface area contributed by atoms with Gasteiger partial charge in [-0.1, -0.05) is 36.4 Å². The molecule has 0 radical (unpaired) electrons. The van der Waals surface area contributed by atoms with E-state index in [9.17, 15) is 8.42 Å². The molecule has 9 rings (SSSR count). The Hall–Kier alpha value is -5.58. The standard InChI is InChI=1S/C35H18N4O2S/c36-19-20-9-13-22(14-10-20)42(40,41)23-15-11-21(12-16-23)39-31-18-30-32(25-6-2-4-8-29(25)37-30)33(31)27-17-26-24-5-1-3-7-28(24)38-34(26)35(27)39/h1-18H. The van der Waals surface area contributed by atoms with Crippen LogP contribution in [0.4, 0.5) is 0 Å². The molecule has 2 aliphatic heterocycles. The van der Waals surface area contributed by atoms with Crippen molar-refractivity contribution in [3.63, 3.8) is 0 Å². The molecule has 0 atom stereocenters. The van der Waals surface area contributed by atoms with Gasteiger partial charge in [-0.3, -0.25) is 0 Å². The van der Waals surface area contributed by atoms with Gasteiger partial charge >= 0.3 is 0 Å². The largest absolute Gasteiger partial charge is 0.307 e. The van der Waals surface area contributed by atoms with E-state index in [0.29, 0.717) is 5.56 Å². The van der Waals surface area contributed by atoms with Crippen molar-refractivity contribution in [3.05, 3.63) is 115 Å². The maximum Gasteiger partial charge on any atom is 0.206 e. The summed E-state index contributed by atoms with van der Waals surface area (Å²) in [6, 6.07) is 35.7. The summed E-state index contributed by atoms with van der Waals surface area (Å²) in [6.45, 7) is 0. The van der Waals surface area contributed by atoms with E-state index in [4.69, 9.17) is 15.2 Å². The summed E-state index contributed by atoms with van der Waals surface area (Å²) in [7, 11) is -3.75. The summed E-state index contributed by atoms with van der Waals surface area (Å²) in [5, 5.41) is 13.5. The van der Waals surface area contributed by atoms with Crippen molar-refractivity contribution in [2.75, 3.05) is 0 Å². The molecule has 4 aromatic carbocycles. The molecule has 3 heterocycles. The number of aromatic nitrogens is 3. The highest BCUT2D eigenvalue weighted by atomic mass is 32.2. The molecule has 0 fully saturated rings. The summed E-state index contributed by atoms with van der Waals surface area (Å²) >= 11 is 0. The van der Waals surface area contributed by atoms with E-state index in [1.54, 1.807) is 12.1 Å². The number of rotatable bonds is 3. The Bertz CT molecular complexity index is 2580. The van der Waals surface area contributed by atoms with Crippen molar-refractivity contribution in [1.82, 2.24) is 14.5 Å². The van der Waals surface area contributed by atoms with E-state index >= 15 is 0 Å². The Morgan fingerprint density at radius 2 is 1.33 bits per heavy atom. The SMILES string of the molecule is N#Cc1ccc(S(=O)(=O)c2ccc(-n3c4cc5nc6ccccc6c-5c4c4cc5c6ccccc6nc-5c43)cc2)cc1. The fourth-order valence-electron chi connectivity index (χ4n) is 6.45. The zero-order valence-electron chi connectivity index (χ0n) is 21.9. The zero-order chi connectivity index (χ0) is 28.2. The van der Waals surface area contributed by atoms with Gasteiger partial charge in [0, 0.05) is 38.4 Å². The van der Waals surface area contributed by atoms with Crippen molar-refractivity contribution in [3.8, 4) is 34.3 Å². The predicted octanol–water partition coefficient (Wildman–Crippen LogP) is 7.67. The summed E-state index contributed by atoms with van der Waals surface area (Å²) in [5.41, 5.74) is 9.28. The highest BCUT2D eigenvalue weighted by molar-refractivity contribution is 7.91. The normalized spacial score (nSPS) is 12.5. The van der Waals surface area contributed by atoms with Crippen LogP contribution in [0.25, 0.3) is 71.8 Å². The lowest BCUT2D eigenvalue weighted by Gasteiger charge is -2.09. The zero-order valence-corrected chi connectivity index (χ0v) is 22.7. The van der Waals surface area contributed by atoms with Gasteiger partial charge in [0.25, 0.3) is 0 Å². The molecule has 0 amide bonds. The topological polar surface area (TPSA) is 88.6 Å². The average molecular weight is 559 g/mol. The van der Waals surface area contributed by atoms with Crippen LogP contribution in [-0.4, -0.2) is 23.0 Å². The summed E-state index contributed by atoms with van der Waals surface area (Å²) < 4.78 is 29.0. The van der Waals surface area contributed by atoms with Crippen molar-refractivity contribution in [2.45, 2.75) is 9.79 Å². The summed E-state index contributed by atoms with van der Waals surface area (Å²) in [5.74, 6) is 0. The van der Waals surface area contributed by atoms with Gasteiger partial charge in [-0.25, -0.2) is 18.4 Å². The molecule has 0 bridgehead atoms. The lowest BCUT2D eigenvalue weighted by atomic mass is 10.1. The van der Waals surface area contributed by atoms with E-state index in [-0.39, 0.29) is 9.79 Å². The van der Waals surface area contributed by atoms with Crippen LogP contribution in [0.15, 0.2) is 119 Å². The molecule has 0 N–H and O–H groups in total. The third-order valence-corrected chi connectivity index (χ3v) is 10.1. The predicted molar refractivity (Wildman–Crippen MR) is 164 cm³/mol. The number of benzene rings is 4. The van der Waals surface area contributed by atoms with Crippen LogP contribution < -0.4 is 0 Å². The minimum absolute atomic E-state index is 0.151. The second-order valence-electron chi connectivity index (χ2n) is 10.6. The molecule has 4 aliphatic rings. The van der Waals surface area contributed by atoms with Gasteiger partial charge in [0.2, 0.25) is 9.84 Å². The van der Waals surface area contributed by atoms with Gasteiger partial charge in [-0.15, -0.1) is 0 Å². The molecule has 0 spiro atoms. The first-order valence-electron chi connectivity index (χ1n) is 13.5. The van der Waals surface area contributed by atoms with E-state index in [0.717, 1.165) is 71.8 Å². The summed E-state index contributed by atoms with van der Waals surface area (Å²) in [6.07, 6.45) is 0. The van der Waals surface area contributed by atoms with E-state index in [1.807, 2.05) is 54.6 Å². The second kappa shape index (κ2) is 8.00. The molecule has 0 saturated heterocycles. The first-order valence-corrected chi connectivity index (χ1v) is 15.0. The van der Waals surface area contributed by atoms with E-state index in [2.05, 4.69) is 28.8 Å². The molecule has 42 heavy (non-hydrogen) atoms. The molecule has 7 heteroatoms. The van der Waals surface area contributed by atoms with Crippen LogP contribution in [0.3, 0.4) is 0 Å². The third-order valence-electron chi connectivity index (χ3n) is 8.33. The fraction of sp³-hybridized carbons (Fsp3) is 0. The molecule has 6 nitrogen and oxygen atoms in total. The molecule has 0 saturated carbocycles. The van der Waals surface area contributed by atoms with E-state index < -0.39 is 9.84 Å². The van der Waals surface area contributed by atoms with E-state index in [1.165, 1.54) is 24.3 Å². The third kappa shape index (κ3) is 2.94. The number of nitrogens with zero attached hydrogens (tertiary/aromatic N) is 4. The Morgan fingerprint density at radius 3 is 2.05 bits per heavy atom. The quantitative estimate of drug-likeness (QED) is 0.222. The number of para-hydroxylation sites is 2. The first-order chi connectivity index (χ1) is 20.5. The molecule has 2 aliphatic carbocycles. The minimum Gasteiger partial charge on any atom is -0.307 e. The minimum atomic E-state index is -3.75. The van der Waals surface area contributed by atoms with Crippen molar-refractivity contribution >= 4 is 53.4 Å². The lowest BCUT2D eigenvalue weighted by Crippen LogP contribution is -2.03. The van der Waals surface area contributed by atoms with Gasteiger partial charge in [0.15, 0.2) is 0 Å². The van der Waals surface area contributed by atoms with Crippen LogP contribution in [0, 0.1) is 11.3 Å². The fourth-order valence-corrected chi connectivity index (χ4v) is 7.71. The average Bonchev–Trinajstić information content (AvgIpc) is 3.80. The number of hydrogen-bond acceptors (Lipinski definition) is 5. The van der Waals surface area contributed by atoms with Gasteiger partial charge in [0.05, 0.1) is 54.9 Å². The van der Waals surface area contributed by atoms with Gasteiger partial charge < -0.3 is 4.57 Å². The molecule has 196 valence electrons. The van der Waals surface area contributed by atoms with Gasteiger partial charge in [0.1, 0.15) is 0 Å². The first kappa shape index (κ1) is 23.2. The van der Waals surface area contributed by atoms with Crippen molar-refractivity contribution in [2.24, 2.45) is 0 Å². The highest BCUT2D eigenvalue weighted by Gasteiger charge is 2.29. The maximum atomic E-state index is 13.4. The number of sulfone groups is 1. The van der Waals surface area contributed by atoms with Crippen LogP contribution in [0.2, 0.25) is 0 Å². The van der Waals surface area contributed by atoms with Crippen molar-refractivity contribution in [1.29, 1.82) is 5.26 Å². The second-order valence-corrected chi connectivity index (χ2v) is 12.5. The monoisotopic (exact) mass is 558 g/mol. The molecule has 5 aromatic rings. The van der Waals surface area contributed by atoms with Gasteiger partial charge in [-0.2, -0.15) is 5.26 Å². The highest BCUT2D eigenvalue weighted by Crippen LogP contribution is 2.50. The Balaban J connectivity index is 1.31. The van der Waals surface area contributed by atoms with Crippen molar-refractivity contribution < 1.29 is 8.42 Å². The van der Waals surface area contributed by atoms with Gasteiger partial charge in [-0.05, 0) is 72.8 Å². The van der Waals surface area contributed by atoms with Crippen LogP contribution in [0.5, 0.6) is 0 Å². The number of fused-ring (bicyclic) bond motifs is 11. The lowest BCUT2D eigenvalue weighted by molar-refractivity contribution is 0.596. The smallest absolute Gasteiger partial charge is 0.206 e. The van der Waals surface area contributed by atoms with Crippen LogP contribution in [0.1, 0.15) is 5.56 Å². The molecular formula is C35H18N4O2S. The molecule has 1 aromatic heterocycles. The Morgan fingerprint density at radius 1 is 0.690 bits per heavy atom. The maximum absolute atomic E-state index is 13.4. The Labute approximate surface area is 240 Å². The molecule has 0 unspecified atom stereocenters. The Kier molecular flexibility index (Phi) is 4.41.